The molecule has 0 aliphatic heterocycles. The van der Waals surface area contributed by atoms with Gasteiger partial charge in [0, 0.05) is 23.9 Å². The highest BCUT2D eigenvalue weighted by Crippen LogP contribution is 2.28. The summed E-state index contributed by atoms with van der Waals surface area (Å²) >= 11 is 1.28. The second kappa shape index (κ2) is 8.75. The summed E-state index contributed by atoms with van der Waals surface area (Å²) in [5.74, 6) is 1.01. The average molecular weight is 399 g/mol. The van der Waals surface area contributed by atoms with Crippen LogP contribution in [0.15, 0.2) is 47.6 Å². The third-order valence-corrected chi connectivity index (χ3v) is 4.99. The smallest absolute Gasteiger partial charge is 0.237 e. The Morgan fingerprint density at radius 1 is 1.14 bits per heavy atom. The maximum Gasteiger partial charge on any atom is 0.237 e. The van der Waals surface area contributed by atoms with Crippen molar-refractivity contribution >= 4 is 23.4 Å². The molecule has 1 unspecified atom stereocenters. The summed E-state index contributed by atoms with van der Waals surface area (Å²) in [6.45, 7) is 3.80. The molecule has 0 aliphatic rings. The van der Waals surface area contributed by atoms with Crippen LogP contribution in [0, 0.1) is 6.92 Å². The number of aromatic nitrogens is 4. The van der Waals surface area contributed by atoms with Crippen molar-refractivity contribution in [3.05, 3.63) is 48.0 Å². The quantitative estimate of drug-likeness (QED) is 0.610. The van der Waals surface area contributed by atoms with Crippen LogP contribution in [-0.2, 0) is 4.79 Å². The molecule has 0 aliphatic carbocycles. The number of thioether (sulfide) groups is 1. The summed E-state index contributed by atoms with van der Waals surface area (Å²) in [4.78, 5) is 12.6. The molecule has 146 valence electrons. The predicted molar refractivity (Wildman–Crippen MR) is 107 cm³/mol. The van der Waals surface area contributed by atoms with Gasteiger partial charge in [0.25, 0.3) is 0 Å². The normalized spacial score (nSPS) is 11.7. The molecule has 0 saturated carbocycles. The summed E-state index contributed by atoms with van der Waals surface area (Å²) in [6.07, 6.45) is 0. The average Bonchev–Trinajstić information content (AvgIpc) is 3.15. The van der Waals surface area contributed by atoms with Gasteiger partial charge in [0.2, 0.25) is 11.1 Å². The number of methoxy groups -OCH3 is 2. The van der Waals surface area contributed by atoms with Crippen LogP contribution in [0.25, 0.3) is 5.69 Å². The van der Waals surface area contributed by atoms with Gasteiger partial charge in [-0.2, -0.15) is 4.68 Å². The summed E-state index contributed by atoms with van der Waals surface area (Å²) in [7, 11) is 3.12. The number of hydrogen-bond donors (Lipinski definition) is 1. The minimum atomic E-state index is -0.424. The van der Waals surface area contributed by atoms with Gasteiger partial charge in [-0.3, -0.25) is 4.79 Å². The number of hydrogen-bond acceptors (Lipinski definition) is 7. The molecule has 1 N–H and O–H groups in total. The van der Waals surface area contributed by atoms with E-state index in [2.05, 4.69) is 20.8 Å². The van der Waals surface area contributed by atoms with Crippen LogP contribution in [-0.4, -0.2) is 45.6 Å². The third-order valence-electron chi connectivity index (χ3n) is 3.96. The van der Waals surface area contributed by atoms with E-state index in [0.717, 1.165) is 11.3 Å². The molecule has 28 heavy (non-hydrogen) atoms. The van der Waals surface area contributed by atoms with E-state index in [9.17, 15) is 4.79 Å². The number of carbonyl (C=O) groups is 1. The van der Waals surface area contributed by atoms with E-state index in [1.165, 1.54) is 11.8 Å². The van der Waals surface area contributed by atoms with Crippen molar-refractivity contribution in [2.45, 2.75) is 24.3 Å². The van der Waals surface area contributed by atoms with Crippen molar-refractivity contribution in [2.24, 2.45) is 0 Å². The van der Waals surface area contributed by atoms with Crippen LogP contribution in [0.5, 0.6) is 11.5 Å². The molecule has 0 saturated heterocycles. The first-order valence-corrected chi connectivity index (χ1v) is 9.44. The highest BCUT2D eigenvalue weighted by Gasteiger charge is 2.20. The molecule has 2 aromatic carbocycles. The van der Waals surface area contributed by atoms with E-state index in [-0.39, 0.29) is 5.91 Å². The van der Waals surface area contributed by atoms with Gasteiger partial charge in [0.05, 0.1) is 25.2 Å². The van der Waals surface area contributed by atoms with Crippen LogP contribution in [0.1, 0.15) is 12.5 Å². The summed E-state index contributed by atoms with van der Waals surface area (Å²) in [5, 5.41) is 14.8. The molecule has 1 atom stereocenters. The van der Waals surface area contributed by atoms with Crippen LogP contribution < -0.4 is 14.8 Å². The zero-order valence-corrected chi connectivity index (χ0v) is 16.9. The largest absolute Gasteiger partial charge is 0.497 e. The minimum Gasteiger partial charge on any atom is -0.497 e. The Morgan fingerprint density at radius 3 is 2.50 bits per heavy atom. The maximum absolute atomic E-state index is 12.6. The Labute approximate surface area is 167 Å². The van der Waals surface area contributed by atoms with Gasteiger partial charge in [0.1, 0.15) is 11.5 Å². The van der Waals surface area contributed by atoms with E-state index < -0.39 is 5.25 Å². The molecule has 0 fully saturated rings. The number of nitrogens with one attached hydrogen (secondary N) is 1. The van der Waals surface area contributed by atoms with Gasteiger partial charge in [-0.15, -0.1) is 5.10 Å². The number of ether oxygens (including phenoxy) is 2. The van der Waals surface area contributed by atoms with Crippen molar-refractivity contribution in [3.63, 3.8) is 0 Å². The highest BCUT2D eigenvalue weighted by atomic mass is 32.2. The van der Waals surface area contributed by atoms with E-state index in [1.807, 2.05) is 31.2 Å². The fraction of sp³-hybridized carbons (Fsp3) is 0.263. The van der Waals surface area contributed by atoms with E-state index in [4.69, 9.17) is 9.47 Å². The zero-order valence-electron chi connectivity index (χ0n) is 16.0. The van der Waals surface area contributed by atoms with Gasteiger partial charge >= 0.3 is 0 Å². The van der Waals surface area contributed by atoms with Crippen LogP contribution in [0.2, 0.25) is 0 Å². The Balaban J connectivity index is 1.73. The number of aryl methyl sites for hydroxylation is 1. The third kappa shape index (κ3) is 4.61. The van der Waals surface area contributed by atoms with Crippen molar-refractivity contribution < 1.29 is 14.3 Å². The van der Waals surface area contributed by atoms with Crippen molar-refractivity contribution in [1.82, 2.24) is 20.2 Å². The van der Waals surface area contributed by atoms with Gasteiger partial charge in [-0.25, -0.2) is 0 Å². The number of carbonyl (C=O) groups excluding carboxylic acids is 1. The lowest BCUT2D eigenvalue weighted by Crippen LogP contribution is -2.23. The molecule has 1 amide bonds. The molecule has 3 rings (SSSR count). The molecular weight excluding hydrogens is 378 g/mol. The molecule has 1 heterocycles. The van der Waals surface area contributed by atoms with Gasteiger partial charge in [-0.1, -0.05) is 23.9 Å². The number of anilines is 1. The number of benzene rings is 2. The number of rotatable bonds is 7. The Hall–Kier alpha value is -3.07. The first kappa shape index (κ1) is 19.7. The van der Waals surface area contributed by atoms with Crippen LogP contribution in [0.4, 0.5) is 5.69 Å². The van der Waals surface area contributed by atoms with Crippen LogP contribution in [0.3, 0.4) is 0 Å². The van der Waals surface area contributed by atoms with Gasteiger partial charge < -0.3 is 14.8 Å². The molecular formula is C19H21N5O3S. The molecule has 8 nitrogen and oxygen atoms in total. The van der Waals surface area contributed by atoms with E-state index in [0.29, 0.717) is 22.3 Å². The number of amides is 1. The van der Waals surface area contributed by atoms with E-state index >= 15 is 0 Å². The summed E-state index contributed by atoms with van der Waals surface area (Å²) < 4.78 is 12.1. The van der Waals surface area contributed by atoms with Gasteiger partial charge in [0.15, 0.2) is 0 Å². The summed E-state index contributed by atoms with van der Waals surface area (Å²) in [5.41, 5.74) is 2.53. The Kier molecular flexibility index (Phi) is 6.15. The Morgan fingerprint density at radius 2 is 1.86 bits per heavy atom. The first-order chi connectivity index (χ1) is 13.5. The molecule has 9 heteroatoms. The van der Waals surface area contributed by atoms with Crippen molar-refractivity contribution in [1.29, 1.82) is 0 Å². The van der Waals surface area contributed by atoms with Crippen LogP contribution >= 0.6 is 11.8 Å². The lowest BCUT2D eigenvalue weighted by Gasteiger charge is -2.13. The Bertz CT molecular complexity index is 953. The second-order valence-electron chi connectivity index (χ2n) is 6.06. The molecule has 3 aromatic rings. The van der Waals surface area contributed by atoms with Crippen molar-refractivity contribution in [2.75, 3.05) is 19.5 Å². The van der Waals surface area contributed by atoms with Crippen molar-refractivity contribution in [3.8, 4) is 17.2 Å². The number of tetrazole rings is 1. The van der Waals surface area contributed by atoms with E-state index in [1.54, 1.807) is 44.0 Å². The van der Waals surface area contributed by atoms with Gasteiger partial charge in [-0.05, 0) is 42.0 Å². The maximum atomic E-state index is 12.6. The fourth-order valence-electron chi connectivity index (χ4n) is 2.51. The summed E-state index contributed by atoms with van der Waals surface area (Å²) in [6, 6.07) is 13.0. The number of nitrogens with zero attached hydrogens (tertiary/aromatic N) is 4. The standard InChI is InChI=1S/C19H21N5O3S/c1-12-6-5-7-15(8-12)24-19(21-22-23-24)28-13(2)18(25)20-14-9-16(26-3)11-17(10-14)27-4/h5-11,13H,1-4H3,(H,20,25). The lowest BCUT2D eigenvalue weighted by atomic mass is 10.2. The SMILES string of the molecule is COc1cc(NC(=O)C(C)Sc2nnnn2-c2cccc(C)c2)cc(OC)c1. The zero-order chi connectivity index (χ0) is 20.1. The molecule has 1 aromatic heterocycles. The molecule has 0 bridgehead atoms. The minimum absolute atomic E-state index is 0.181. The second-order valence-corrected chi connectivity index (χ2v) is 7.37. The topological polar surface area (TPSA) is 91.2 Å². The monoisotopic (exact) mass is 399 g/mol. The predicted octanol–water partition coefficient (Wildman–Crippen LogP) is 3.11. The lowest BCUT2D eigenvalue weighted by molar-refractivity contribution is -0.115. The molecule has 0 spiro atoms. The highest BCUT2D eigenvalue weighted by molar-refractivity contribution is 8.00. The molecule has 0 radical (unpaired) electrons. The fourth-order valence-corrected chi connectivity index (χ4v) is 3.32. The first-order valence-electron chi connectivity index (χ1n) is 8.56.